The highest BCUT2D eigenvalue weighted by Crippen LogP contribution is 1.83. The van der Waals surface area contributed by atoms with Crippen LogP contribution < -0.4 is 5.56 Å². The molecule has 0 N–H and O–H groups in total. The maximum absolute atomic E-state index is 11.2. The SMILES string of the molecule is CN(C)CCn1ccccc1=O.Cl. The molecule has 0 amide bonds. The van der Waals surface area contributed by atoms with Gasteiger partial charge in [-0.2, -0.15) is 0 Å². The van der Waals surface area contributed by atoms with Crippen LogP contribution in [0.2, 0.25) is 0 Å². The first-order valence-electron chi connectivity index (χ1n) is 4.00. The number of pyridine rings is 1. The Labute approximate surface area is 84.4 Å². The quantitative estimate of drug-likeness (QED) is 0.726. The van der Waals surface area contributed by atoms with Gasteiger partial charge < -0.3 is 9.47 Å². The number of hydrogen-bond acceptors (Lipinski definition) is 2. The minimum atomic E-state index is 0. The highest BCUT2D eigenvalue weighted by Gasteiger charge is 1.93. The number of hydrogen-bond donors (Lipinski definition) is 0. The van der Waals surface area contributed by atoms with Crippen LogP contribution in [-0.4, -0.2) is 30.1 Å². The molecule has 0 fully saturated rings. The number of nitrogens with zero attached hydrogens (tertiary/aromatic N) is 2. The fourth-order valence-electron chi connectivity index (χ4n) is 0.953. The highest BCUT2D eigenvalue weighted by molar-refractivity contribution is 5.85. The Balaban J connectivity index is 0.00000144. The lowest BCUT2D eigenvalue weighted by Gasteiger charge is -2.10. The van der Waals surface area contributed by atoms with Crippen molar-refractivity contribution in [2.45, 2.75) is 6.54 Å². The Bertz CT molecular complexity index is 296. The molecule has 0 aliphatic rings. The van der Waals surface area contributed by atoms with E-state index in [0.29, 0.717) is 0 Å². The first-order chi connectivity index (χ1) is 5.70. The van der Waals surface area contributed by atoms with Gasteiger partial charge in [0.1, 0.15) is 0 Å². The van der Waals surface area contributed by atoms with Gasteiger partial charge in [0.15, 0.2) is 0 Å². The molecule has 0 saturated carbocycles. The molecule has 0 spiro atoms. The van der Waals surface area contributed by atoms with Crippen LogP contribution in [0, 0.1) is 0 Å². The normalized spacial score (nSPS) is 9.77. The van der Waals surface area contributed by atoms with Crippen molar-refractivity contribution < 1.29 is 0 Å². The molecule has 0 unspecified atom stereocenters. The summed E-state index contributed by atoms with van der Waals surface area (Å²) in [6.07, 6.45) is 1.81. The zero-order chi connectivity index (χ0) is 8.97. The Morgan fingerprint density at radius 2 is 2.08 bits per heavy atom. The molecule has 0 radical (unpaired) electrons. The monoisotopic (exact) mass is 202 g/mol. The van der Waals surface area contributed by atoms with Crippen molar-refractivity contribution in [1.82, 2.24) is 9.47 Å². The van der Waals surface area contributed by atoms with Crippen molar-refractivity contribution in [2.24, 2.45) is 0 Å². The van der Waals surface area contributed by atoms with E-state index in [0.717, 1.165) is 13.1 Å². The van der Waals surface area contributed by atoms with Crippen LogP contribution in [0.3, 0.4) is 0 Å². The van der Waals surface area contributed by atoms with Gasteiger partial charge in [-0.05, 0) is 20.2 Å². The van der Waals surface area contributed by atoms with E-state index in [1.807, 2.05) is 26.4 Å². The van der Waals surface area contributed by atoms with E-state index in [9.17, 15) is 4.79 Å². The molecule has 0 atom stereocenters. The first kappa shape index (κ1) is 12.2. The molecule has 74 valence electrons. The molecule has 0 bridgehead atoms. The van der Waals surface area contributed by atoms with E-state index in [-0.39, 0.29) is 18.0 Å². The van der Waals surface area contributed by atoms with E-state index in [4.69, 9.17) is 0 Å². The summed E-state index contributed by atoms with van der Waals surface area (Å²) in [5.41, 5.74) is 0.0688. The molecule has 13 heavy (non-hydrogen) atoms. The lowest BCUT2D eigenvalue weighted by atomic mass is 10.4. The summed E-state index contributed by atoms with van der Waals surface area (Å²) in [4.78, 5) is 13.2. The zero-order valence-corrected chi connectivity index (χ0v) is 8.75. The van der Waals surface area contributed by atoms with Gasteiger partial charge in [0, 0.05) is 25.4 Å². The number of rotatable bonds is 3. The van der Waals surface area contributed by atoms with Crippen LogP contribution in [0.5, 0.6) is 0 Å². The fourth-order valence-corrected chi connectivity index (χ4v) is 0.953. The van der Waals surface area contributed by atoms with E-state index in [1.54, 1.807) is 16.7 Å². The molecule has 4 heteroatoms. The molecule has 0 aliphatic heterocycles. The van der Waals surface area contributed by atoms with Crippen molar-refractivity contribution >= 4 is 12.4 Å². The molecular weight excluding hydrogens is 188 g/mol. The Kier molecular flexibility index (Phi) is 5.42. The van der Waals surface area contributed by atoms with Crippen molar-refractivity contribution in [3.05, 3.63) is 34.7 Å². The van der Waals surface area contributed by atoms with E-state index >= 15 is 0 Å². The summed E-state index contributed by atoms with van der Waals surface area (Å²) in [7, 11) is 3.99. The topological polar surface area (TPSA) is 25.2 Å². The van der Waals surface area contributed by atoms with Crippen LogP contribution in [0.15, 0.2) is 29.2 Å². The molecule has 1 rings (SSSR count). The minimum Gasteiger partial charge on any atom is -0.314 e. The van der Waals surface area contributed by atoms with Crippen molar-refractivity contribution in [3.63, 3.8) is 0 Å². The van der Waals surface area contributed by atoms with Gasteiger partial charge in [-0.1, -0.05) is 6.07 Å². The summed E-state index contributed by atoms with van der Waals surface area (Å²) in [6.45, 7) is 1.65. The lowest BCUT2D eigenvalue weighted by molar-refractivity contribution is 0.381. The molecular formula is C9H15ClN2O. The molecule has 1 aromatic heterocycles. The maximum Gasteiger partial charge on any atom is 0.250 e. The molecule has 0 aliphatic carbocycles. The third kappa shape index (κ3) is 4.10. The van der Waals surface area contributed by atoms with Gasteiger partial charge in [0.2, 0.25) is 0 Å². The summed E-state index contributed by atoms with van der Waals surface area (Å²) in [5.74, 6) is 0. The summed E-state index contributed by atoms with van der Waals surface area (Å²) in [5, 5.41) is 0. The summed E-state index contributed by atoms with van der Waals surface area (Å²) < 4.78 is 1.71. The molecule has 1 heterocycles. The van der Waals surface area contributed by atoms with Gasteiger partial charge in [0.25, 0.3) is 5.56 Å². The van der Waals surface area contributed by atoms with Crippen molar-refractivity contribution in [3.8, 4) is 0 Å². The smallest absolute Gasteiger partial charge is 0.250 e. The Hall–Kier alpha value is -0.800. The van der Waals surface area contributed by atoms with Gasteiger partial charge in [-0.25, -0.2) is 0 Å². The Morgan fingerprint density at radius 1 is 1.38 bits per heavy atom. The first-order valence-corrected chi connectivity index (χ1v) is 4.00. The fraction of sp³-hybridized carbons (Fsp3) is 0.444. The molecule has 0 aromatic carbocycles. The summed E-state index contributed by atoms with van der Waals surface area (Å²) >= 11 is 0. The second-order valence-corrected chi connectivity index (χ2v) is 3.04. The average Bonchev–Trinajstić information content (AvgIpc) is 2.03. The summed E-state index contributed by atoms with van der Waals surface area (Å²) in [6, 6.07) is 5.21. The van der Waals surface area contributed by atoms with E-state index in [2.05, 4.69) is 4.90 Å². The largest absolute Gasteiger partial charge is 0.314 e. The van der Waals surface area contributed by atoms with Crippen LogP contribution >= 0.6 is 12.4 Å². The van der Waals surface area contributed by atoms with Gasteiger partial charge in [0.05, 0.1) is 0 Å². The van der Waals surface area contributed by atoms with Gasteiger partial charge in [-0.3, -0.25) is 4.79 Å². The highest BCUT2D eigenvalue weighted by atomic mass is 35.5. The van der Waals surface area contributed by atoms with Crippen LogP contribution in [0.1, 0.15) is 0 Å². The maximum atomic E-state index is 11.2. The number of halogens is 1. The molecule has 3 nitrogen and oxygen atoms in total. The third-order valence-electron chi connectivity index (χ3n) is 1.69. The molecule has 0 saturated heterocycles. The van der Waals surface area contributed by atoms with Crippen molar-refractivity contribution in [1.29, 1.82) is 0 Å². The predicted molar refractivity (Wildman–Crippen MR) is 56.5 cm³/mol. The average molecular weight is 203 g/mol. The second kappa shape index (κ2) is 5.78. The lowest BCUT2D eigenvalue weighted by Crippen LogP contribution is -2.25. The van der Waals surface area contributed by atoms with E-state index < -0.39 is 0 Å². The minimum absolute atomic E-state index is 0. The molecule has 1 aromatic rings. The number of likely N-dealkylation sites (N-methyl/N-ethyl adjacent to an activating group) is 1. The third-order valence-corrected chi connectivity index (χ3v) is 1.69. The predicted octanol–water partition coefficient (Wildman–Crippen LogP) is 0.832. The van der Waals surface area contributed by atoms with Gasteiger partial charge >= 0.3 is 0 Å². The number of aromatic nitrogens is 1. The zero-order valence-electron chi connectivity index (χ0n) is 7.93. The standard InChI is InChI=1S/C9H14N2O.ClH/c1-10(2)7-8-11-6-4-3-5-9(11)12;/h3-6H,7-8H2,1-2H3;1H. The van der Waals surface area contributed by atoms with Crippen LogP contribution in [-0.2, 0) is 6.54 Å². The van der Waals surface area contributed by atoms with Gasteiger partial charge in [-0.15, -0.1) is 12.4 Å². The van der Waals surface area contributed by atoms with Crippen molar-refractivity contribution in [2.75, 3.05) is 20.6 Å². The second-order valence-electron chi connectivity index (χ2n) is 3.04. The van der Waals surface area contributed by atoms with Crippen LogP contribution in [0.4, 0.5) is 0 Å². The van der Waals surface area contributed by atoms with E-state index in [1.165, 1.54) is 0 Å². The Morgan fingerprint density at radius 3 is 2.62 bits per heavy atom. The van der Waals surface area contributed by atoms with Crippen LogP contribution in [0.25, 0.3) is 0 Å².